The Morgan fingerprint density at radius 3 is 2.48 bits per heavy atom. The van der Waals surface area contributed by atoms with Crippen molar-refractivity contribution in [3.63, 3.8) is 0 Å². The molecule has 0 aliphatic heterocycles. The van der Waals surface area contributed by atoms with Crippen LogP contribution in [0.25, 0.3) is 11.1 Å². The van der Waals surface area contributed by atoms with Gasteiger partial charge in [0.15, 0.2) is 0 Å². The molecule has 1 unspecified atom stereocenters. The molecule has 4 nitrogen and oxygen atoms in total. The highest BCUT2D eigenvalue weighted by molar-refractivity contribution is 5.85. The molecular formula is C16H20ClN3O. The Hall–Kier alpha value is -1.91. The van der Waals surface area contributed by atoms with Crippen molar-refractivity contribution in [3.8, 4) is 11.1 Å². The molecule has 1 amide bonds. The molecule has 0 saturated heterocycles. The minimum atomic E-state index is -0.00339. The lowest BCUT2D eigenvalue weighted by atomic mass is 10.0. The number of carbonyl (C=O) groups is 1. The maximum absolute atomic E-state index is 11.5. The van der Waals surface area contributed by atoms with E-state index in [2.05, 4.69) is 15.6 Å². The normalized spacial score (nSPS) is 11.3. The Labute approximate surface area is 131 Å². The largest absolute Gasteiger partial charge is 0.348 e. The van der Waals surface area contributed by atoms with Gasteiger partial charge in [-0.2, -0.15) is 0 Å². The zero-order valence-electron chi connectivity index (χ0n) is 12.2. The molecule has 1 heterocycles. The number of hydrogen-bond acceptors (Lipinski definition) is 3. The van der Waals surface area contributed by atoms with Crippen molar-refractivity contribution in [2.75, 3.05) is 13.6 Å². The van der Waals surface area contributed by atoms with Gasteiger partial charge in [0.1, 0.15) is 0 Å². The second kappa shape index (κ2) is 8.39. The third-order valence-corrected chi connectivity index (χ3v) is 3.12. The van der Waals surface area contributed by atoms with E-state index in [1.165, 1.54) is 0 Å². The average molecular weight is 306 g/mol. The molecule has 0 spiro atoms. The highest BCUT2D eigenvalue weighted by Crippen LogP contribution is 2.21. The van der Waals surface area contributed by atoms with E-state index in [9.17, 15) is 4.79 Å². The molecule has 21 heavy (non-hydrogen) atoms. The topological polar surface area (TPSA) is 54.0 Å². The van der Waals surface area contributed by atoms with Crippen LogP contribution in [-0.2, 0) is 4.79 Å². The number of pyridine rings is 1. The Morgan fingerprint density at radius 2 is 1.90 bits per heavy atom. The van der Waals surface area contributed by atoms with Crippen LogP contribution in [0.4, 0.5) is 0 Å². The number of aromatic nitrogens is 1. The fourth-order valence-electron chi connectivity index (χ4n) is 2.03. The van der Waals surface area contributed by atoms with E-state index in [-0.39, 0.29) is 24.4 Å². The summed E-state index contributed by atoms with van der Waals surface area (Å²) in [4.78, 5) is 15.6. The lowest BCUT2D eigenvalue weighted by molar-refractivity contribution is -0.120. The first-order chi connectivity index (χ1) is 9.70. The van der Waals surface area contributed by atoms with E-state index in [4.69, 9.17) is 0 Å². The van der Waals surface area contributed by atoms with Crippen LogP contribution in [0, 0.1) is 0 Å². The van der Waals surface area contributed by atoms with Gasteiger partial charge in [0.2, 0.25) is 5.91 Å². The second-order valence-electron chi connectivity index (χ2n) is 4.68. The molecule has 112 valence electrons. The fourth-order valence-corrected chi connectivity index (χ4v) is 2.03. The number of rotatable bonds is 5. The lowest BCUT2D eigenvalue weighted by Crippen LogP contribution is -2.33. The van der Waals surface area contributed by atoms with Gasteiger partial charge < -0.3 is 10.6 Å². The molecular weight excluding hydrogens is 286 g/mol. The maximum atomic E-state index is 11.5. The Bertz CT molecular complexity index is 557. The molecule has 0 radical (unpaired) electrons. The third kappa shape index (κ3) is 4.85. The molecule has 1 atom stereocenters. The SMILES string of the molecule is CNCC(=O)NC(C)c1ccc(-c2cccnc2)cc1.Cl. The minimum absolute atomic E-state index is 0. The van der Waals surface area contributed by atoms with Crippen molar-refractivity contribution in [2.45, 2.75) is 13.0 Å². The summed E-state index contributed by atoms with van der Waals surface area (Å²) in [5.41, 5.74) is 3.30. The van der Waals surface area contributed by atoms with E-state index in [0.717, 1.165) is 16.7 Å². The first kappa shape index (κ1) is 17.1. The van der Waals surface area contributed by atoms with Crippen molar-refractivity contribution in [2.24, 2.45) is 0 Å². The van der Waals surface area contributed by atoms with Crippen LogP contribution in [-0.4, -0.2) is 24.5 Å². The van der Waals surface area contributed by atoms with Gasteiger partial charge in [0, 0.05) is 12.4 Å². The quantitative estimate of drug-likeness (QED) is 0.892. The van der Waals surface area contributed by atoms with Crippen LogP contribution >= 0.6 is 12.4 Å². The Kier molecular flexibility index (Phi) is 6.85. The minimum Gasteiger partial charge on any atom is -0.348 e. The fraction of sp³-hybridized carbons (Fsp3) is 0.250. The van der Waals surface area contributed by atoms with Crippen molar-refractivity contribution < 1.29 is 4.79 Å². The average Bonchev–Trinajstić information content (AvgIpc) is 2.48. The van der Waals surface area contributed by atoms with E-state index in [0.29, 0.717) is 6.54 Å². The van der Waals surface area contributed by atoms with Crippen LogP contribution in [0.15, 0.2) is 48.8 Å². The molecule has 0 saturated carbocycles. The van der Waals surface area contributed by atoms with Gasteiger partial charge in [-0.25, -0.2) is 0 Å². The highest BCUT2D eigenvalue weighted by atomic mass is 35.5. The monoisotopic (exact) mass is 305 g/mol. The lowest BCUT2D eigenvalue weighted by Gasteiger charge is -2.14. The number of nitrogens with zero attached hydrogens (tertiary/aromatic N) is 1. The summed E-state index contributed by atoms with van der Waals surface area (Å²) in [6.45, 7) is 2.31. The third-order valence-electron chi connectivity index (χ3n) is 3.12. The Morgan fingerprint density at radius 1 is 1.19 bits per heavy atom. The predicted molar refractivity (Wildman–Crippen MR) is 87.4 cm³/mol. The molecule has 5 heteroatoms. The van der Waals surface area contributed by atoms with Crippen molar-refractivity contribution in [1.82, 2.24) is 15.6 Å². The number of halogens is 1. The van der Waals surface area contributed by atoms with Gasteiger partial charge in [-0.1, -0.05) is 30.3 Å². The van der Waals surface area contributed by atoms with Gasteiger partial charge in [0.25, 0.3) is 0 Å². The standard InChI is InChI=1S/C16H19N3O.ClH/c1-12(19-16(20)11-17-2)13-5-7-14(8-6-13)15-4-3-9-18-10-15;/h3-10,12,17H,11H2,1-2H3,(H,19,20);1H. The molecule has 0 aliphatic carbocycles. The summed E-state index contributed by atoms with van der Waals surface area (Å²) in [6.07, 6.45) is 3.60. The van der Waals surface area contributed by atoms with E-state index in [1.807, 2.05) is 49.5 Å². The first-order valence-corrected chi connectivity index (χ1v) is 6.65. The number of nitrogens with one attached hydrogen (secondary N) is 2. The Balaban J connectivity index is 0.00000220. The van der Waals surface area contributed by atoms with Crippen LogP contribution in [0.3, 0.4) is 0 Å². The second-order valence-corrected chi connectivity index (χ2v) is 4.68. The molecule has 2 aromatic rings. The van der Waals surface area contributed by atoms with Gasteiger partial charge in [-0.05, 0) is 36.7 Å². The van der Waals surface area contributed by atoms with E-state index in [1.54, 1.807) is 13.2 Å². The number of hydrogen-bond donors (Lipinski definition) is 2. The first-order valence-electron chi connectivity index (χ1n) is 6.65. The summed E-state index contributed by atoms with van der Waals surface area (Å²) in [7, 11) is 1.76. The molecule has 0 fully saturated rings. The molecule has 2 rings (SSSR count). The maximum Gasteiger partial charge on any atom is 0.234 e. The van der Waals surface area contributed by atoms with Crippen molar-refractivity contribution in [1.29, 1.82) is 0 Å². The van der Waals surface area contributed by atoms with Crippen molar-refractivity contribution in [3.05, 3.63) is 54.4 Å². The summed E-state index contributed by atoms with van der Waals surface area (Å²) < 4.78 is 0. The van der Waals surface area contributed by atoms with Gasteiger partial charge in [-0.3, -0.25) is 9.78 Å². The van der Waals surface area contributed by atoms with Crippen molar-refractivity contribution >= 4 is 18.3 Å². The van der Waals surface area contributed by atoms with Crippen LogP contribution < -0.4 is 10.6 Å². The molecule has 1 aromatic carbocycles. The van der Waals surface area contributed by atoms with E-state index < -0.39 is 0 Å². The smallest absolute Gasteiger partial charge is 0.234 e. The van der Waals surface area contributed by atoms with Gasteiger partial charge in [0.05, 0.1) is 12.6 Å². The highest BCUT2D eigenvalue weighted by Gasteiger charge is 2.08. The van der Waals surface area contributed by atoms with Crippen LogP contribution in [0.2, 0.25) is 0 Å². The molecule has 1 aromatic heterocycles. The number of benzene rings is 1. The number of carbonyl (C=O) groups excluding carboxylic acids is 1. The molecule has 2 N–H and O–H groups in total. The van der Waals surface area contributed by atoms with Gasteiger partial charge >= 0.3 is 0 Å². The van der Waals surface area contributed by atoms with Gasteiger partial charge in [-0.15, -0.1) is 12.4 Å². The van der Waals surface area contributed by atoms with Crippen LogP contribution in [0.1, 0.15) is 18.5 Å². The summed E-state index contributed by atoms with van der Waals surface area (Å²) in [5.74, 6) is -0.00339. The predicted octanol–water partition coefficient (Wildman–Crippen LogP) is 2.57. The zero-order valence-corrected chi connectivity index (χ0v) is 13.0. The number of likely N-dealkylation sites (N-methyl/N-ethyl adjacent to an activating group) is 1. The molecule has 0 bridgehead atoms. The van der Waals surface area contributed by atoms with E-state index >= 15 is 0 Å². The van der Waals surface area contributed by atoms with Crippen LogP contribution in [0.5, 0.6) is 0 Å². The molecule has 0 aliphatic rings. The summed E-state index contributed by atoms with van der Waals surface area (Å²) >= 11 is 0. The summed E-state index contributed by atoms with van der Waals surface area (Å²) in [5, 5.41) is 5.78. The number of amides is 1. The zero-order chi connectivity index (χ0) is 14.4. The summed E-state index contributed by atoms with van der Waals surface area (Å²) in [6, 6.07) is 12.1.